The van der Waals surface area contributed by atoms with Crippen molar-refractivity contribution in [1.29, 1.82) is 0 Å². The molecule has 2 aromatic rings. The van der Waals surface area contributed by atoms with E-state index in [1.807, 2.05) is 12.1 Å². The zero-order valence-electron chi connectivity index (χ0n) is 14.1. The minimum atomic E-state index is -0.212. The highest BCUT2D eigenvalue weighted by atomic mass is 16.5. The van der Waals surface area contributed by atoms with Crippen LogP contribution in [-0.4, -0.2) is 43.6 Å². The average molecular weight is 342 g/mol. The molecule has 0 radical (unpaired) electrons. The van der Waals surface area contributed by atoms with E-state index in [1.54, 1.807) is 37.6 Å². The molecule has 1 aromatic heterocycles. The molecule has 25 heavy (non-hydrogen) atoms. The highest BCUT2D eigenvalue weighted by Crippen LogP contribution is 2.11. The van der Waals surface area contributed by atoms with E-state index in [1.165, 1.54) is 6.20 Å². The van der Waals surface area contributed by atoms with Crippen LogP contribution in [0.4, 0.5) is 5.69 Å². The molecule has 0 aliphatic carbocycles. The first-order chi connectivity index (χ1) is 12.2. The van der Waals surface area contributed by atoms with Crippen LogP contribution < -0.4 is 16.0 Å². The number of nitrogens with zero attached hydrogens (tertiary/aromatic N) is 1. The van der Waals surface area contributed by atoms with Crippen LogP contribution in [-0.2, 0) is 16.1 Å². The minimum absolute atomic E-state index is 0.0786. The Morgan fingerprint density at radius 2 is 1.96 bits per heavy atom. The van der Waals surface area contributed by atoms with Gasteiger partial charge in [0.1, 0.15) is 0 Å². The normalized spacial score (nSPS) is 10.3. The lowest BCUT2D eigenvalue weighted by Crippen LogP contribution is -2.34. The molecule has 7 nitrogen and oxygen atoms in total. The summed E-state index contributed by atoms with van der Waals surface area (Å²) in [6.07, 6.45) is 3.13. The predicted molar refractivity (Wildman–Crippen MR) is 95.2 cm³/mol. The van der Waals surface area contributed by atoms with E-state index in [4.69, 9.17) is 4.74 Å². The van der Waals surface area contributed by atoms with Gasteiger partial charge in [-0.25, -0.2) is 0 Å². The Bertz CT molecular complexity index is 674. The molecular formula is C18H22N4O3. The van der Waals surface area contributed by atoms with E-state index < -0.39 is 0 Å². The second-order valence-corrected chi connectivity index (χ2v) is 5.34. The number of amides is 2. The summed E-state index contributed by atoms with van der Waals surface area (Å²) in [4.78, 5) is 27.6. The summed E-state index contributed by atoms with van der Waals surface area (Å²) < 4.78 is 4.89. The summed E-state index contributed by atoms with van der Waals surface area (Å²) in [6, 6.07) is 10.7. The van der Waals surface area contributed by atoms with Gasteiger partial charge in [-0.15, -0.1) is 0 Å². The molecule has 0 unspecified atom stereocenters. The highest BCUT2D eigenvalue weighted by molar-refractivity contribution is 6.03. The second-order valence-electron chi connectivity index (χ2n) is 5.34. The summed E-state index contributed by atoms with van der Waals surface area (Å²) in [6.45, 7) is 1.89. The number of nitrogens with one attached hydrogen (secondary N) is 3. The lowest BCUT2D eigenvalue weighted by atomic mass is 10.2. The fourth-order valence-corrected chi connectivity index (χ4v) is 2.05. The number of rotatable bonds is 9. The van der Waals surface area contributed by atoms with Crippen LogP contribution >= 0.6 is 0 Å². The van der Waals surface area contributed by atoms with Gasteiger partial charge in [-0.1, -0.05) is 12.1 Å². The van der Waals surface area contributed by atoms with Crippen LogP contribution in [0.25, 0.3) is 0 Å². The smallest absolute Gasteiger partial charge is 0.257 e. The number of benzene rings is 1. The zero-order valence-corrected chi connectivity index (χ0v) is 14.1. The maximum Gasteiger partial charge on any atom is 0.257 e. The van der Waals surface area contributed by atoms with Crippen LogP contribution in [0.5, 0.6) is 0 Å². The van der Waals surface area contributed by atoms with Crippen LogP contribution in [0.2, 0.25) is 0 Å². The molecule has 0 aliphatic heterocycles. The van der Waals surface area contributed by atoms with Crippen molar-refractivity contribution in [2.45, 2.75) is 6.54 Å². The van der Waals surface area contributed by atoms with Crippen molar-refractivity contribution in [3.8, 4) is 0 Å². The van der Waals surface area contributed by atoms with Crippen LogP contribution in [0.3, 0.4) is 0 Å². The Hall–Kier alpha value is -2.77. The number of ether oxygens (including phenoxy) is 1. The Morgan fingerprint density at radius 3 is 2.64 bits per heavy atom. The van der Waals surface area contributed by atoms with Crippen LogP contribution in [0.15, 0.2) is 48.8 Å². The molecule has 0 aliphatic rings. The van der Waals surface area contributed by atoms with E-state index in [-0.39, 0.29) is 18.4 Å². The van der Waals surface area contributed by atoms with Crippen molar-refractivity contribution < 1.29 is 14.3 Å². The van der Waals surface area contributed by atoms with Crippen LogP contribution in [0, 0.1) is 0 Å². The summed E-state index contributed by atoms with van der Waals surface area (Å²) in [7, 11) is 1.62. The minimum Gasteiger partial charge on any atom is -0.383 e. The topological polar surface area (TPSA) is 92.4 Å². The number of carbonyl (C=O) groups excluding carboxylic acids is 2. The molecule has 1 heterocycles. The SMILES string of the molecule is COCCNCC(=O)NCc1ccc(NC(=O)c2cccnc2)cc1. The summed E-state index contributed by atoms with van der Waals surface area (Å²) in [5.74, 6) is -0.290. The molecule has 2 rings (SSSR count). The number of pyridine rings is 1. The largest absolute Gasteiger partial charge is 0.383 e. The fourth-order valence-electron chi connectivity index (χ4n) is 2.05. The molecule has 1 aromatic carbocycles. The number of methoxy groups -OCH3 is 1. The van der Waals surface area contributed by atoms with Crippen molar-refractivity contribution in [1.82, 2.24) is 15.6 Å². The van der Waals surface area contributed by atoms with Gasteiger partial charge in [0, 0.05) is 38.3 Å². The highest BCUT2D eigenvalue weighted by Gasteiger charge is 2.06. The summed E-state index contributed by atoms with van der Waals surface area (Å²) in [5.41, 5.74) is 2.13. The standard InChI is InChI=1S/C18H22N4O3/c1-25-10-9-20-13-17(23)21-11-14-4-6-16(7-5-14)22-18(24)15-3-2-8-19-12-15/h2-8,12,20H,9-11,13H2,1H3,(H,21,23)(H,22,24). The van der Waals surface area contributed by atoms with Crippen molar-refractivity contribution in [3.05, 3.63) is 59.9 Å². The van der Waals surface area contributed by atoms with E-state index in [9.17, 15) is 9.59 Å². The van der Waals surface area contributed by atoms with Gasteiger partial charge in [-0.05, 0) is 29.8 Å². The zero-order chi connectivity index (χ0) is 17.9. The molecule has 0 saturated carbocycles. The first-order valence-corrected chi connectivity index (χ1v) is 7.95. The molecule has 0 bridgehead atoms. The lowest BCUT2D eigenvalue weighted by Gasteiger charge is -2.08. The molecule has 2 amide bonds. The van der Waals surface area contributed by atoms with E-state index in [0.717, 1.165) is 5.56 Å². The monoisotopic (exact) mass is 342 g/mol. The Labute approximate surface area is 146 Å². The molecular weight excluding hydrogens is 320 g/mol. The number of carbonyl (C=O) groups is 2. The number of anilines is 1. The quantitative estimate of drug-likeness (QED) is 0.595. The Morgan fingerprint density at radius 1 is 1.16 bits per heavy atom. The Balaban J connectivity index is 1.76. The Kier molecular flexibility index (Phi) is 7.55. The first-order valence-electron chi connectivity index (χ1n) is 7.95. The van der Waals surface area contributed by atoms with Gasteiger partial charge in [-0.2, -0.15) is 0 Å². The lowest BCUT2D eigenvalue weighted by molar-refractivity contribution is -0.120. The average Bonchev–Trinajstić information content (AvgIpc) is 2.65. The third kappa shape index (κ3) is 6.70. The van der Waals surface area contributed by atoms with Gasteiger partial charge < -0.3 is 20.7 Å². The maximum atomic E-state index is 12.0. The second kappa shape index (κ2) is 10.2. The van der Waals surface area contributed by atoms with Crippen LogP contribution in [0.1, 0.15) is 15.9 Å². The molecule has 132 valence electrons. The van der Waals surface area contributed by atoms with Gasteiger partial charge in [0.25, 0.3) is 5.91 Å². The van der Waals surface area contributed by atoms with E-state index in [2.05, 4.69) is 20.9 Å². The number of hydrogen-bond donors (Lipinski definition) is 3. The number of hydrogen-bond acceptors (Lipinski definition) is 5. The third-order valence-corrected chi connectivity index (χ3v) is 3.39. The molecule has 0 spiro atoms. The summed E-state index contributed by atoms with van der Waals surface area (Å²) >= 11 is 0. The third-order valence-electron chi connectivity index (χ3n) is 3.39. The van der Waals surface area contributed by atoms with Crippen molar-refractivity contribution in [2.24, 2.45) is 0 Å². The van der Waals surface area contributed by atoms with Crippen molar-refractivity contribution in [3.63, 3.8) is 0 Å². The summed E-state index contributed by atoms with van der Waals surface area (Å²) in [5, 5.41) is 8.61. The predicted octanol–water partition coefficient (Wildman–Crippen LogP) is 1.19. The number of aromatic nitrogens is 1. The van der Waals surface area contributed by atoms with Crippen molar-refractivity contribution in [2.75, 3.05) is 32.1 Å². The molecule has 0 fully saturated rings. The van der Waals surface area contributed by atoms with Gasteiger partial charge in [0.05, 0.1) is 18.7 Å². The van der Waals surface area contributed by atoms with E-state index in [0.29, 0.717) is 30.9 Å². The first kappa shape index (κ1) is 18.6. The molecule has 7 heteroatoms. The van der Waals surface area contributed by atoms with Gasteiger partial charge >= 0.3 is 0 Å². The molecule has 3 N–H and O–H groups in total. The molecule has 0 saturated heterocycles. The maximum absolute atomic E-state index is 12.0. The van der Waals surface area contributed by atoms with Gasteiger partial charge in [-0.3, -0.25) is 14.6 Å². The van der Waals surface area contributed by atoms with E-state index >= 15 is 0 Å². The fraction of sp³-hybridized carbons (Fsp3) is 0.278. The van der Waals surface area contributed by atoms with Gasteiger partial charge in [0.2, 0.25) is 5.91 Å². The van der Waals surface area contributed by atoms with Gasteiger partial charge in [0.15, 0.2) is 0 Å². The van der Waals surface area contributed by atoms with Crippen molar-refractivity contribution >= 4 is 17.5 Å². The molecule has 0 atom stereocenters.